The van der Waals surface area contributed by atoms with Gasteiger partial charge in [0, 0.05) is 32.2 Å². The molecular weight excluding hydrogens is 286 g/mol. The number of hydrogen-bond donors (Lipinski definition) is 1. The lowest BCUT2D eigenvalue weighted by atomic mass is 9.84. The summed E-state index contributed by atoms with van der Waals surface area (Å²) < 4.78 is 0. The molecule has 3 aliphatic rings. The summed E-state index contributed by atoms with van der Waals surface area (Å²) in [6.07, 6.45) is 10.2. The van der Waals surface area contributed by atoms with Crippen LogP contribution in [0.15, 0.2) is 0 Å². The van der Waals surface area contributed by atoms with Gasteiger partial charge in [-0.2, -0.15) is 0 Å². The lowest BCUT2D eigenvalue weighted by Gasteiger charge is -2.36. The van der Waals surface area contributed by atoms with Gasteiger partial charge < -0.3 is 10.6 Å². The van der Waals surface area contributed by atoms with Gasteiger partial charge in [0.2, 0.25) is 5.91 Å². The van der Waals surface area contributed by atoms with Gasteiger partial charge in [-0.3, -0.25) is 9.69 Å². The van der Waals surface area contributed by atoms with Crippen LogP contribution in [-0.2, 0) is 4.79 Å². The summed E-state index contributed by atoms with van der Waals surface area (Å²) in [6.45, 7) is 3.86. The second-order valence-corrected chi connectivity index (χ2v) is 6.94. The largest absolute Gasteiger partial charge is 0.339 e. The molecule has 1 atom stereocenters. The molecule has 1 heterocycles. The van der Waals surface area contributed by atoms with Crippen LogP contribution in [0.1, 0.15) is 51.4 Å². The maximum atomic E-state index is 12.4. The Morgan fingerprint density at radius 1 is 1.00 bits per heavy atom. The van der Waals surface area contributed by atoms with Crippen LogP contribution < -0.4 is 5.73 Å². The second kappa shape index (κ2) is 7.80. The molecule has 0 aromatic carbocycles. The summed E-state index contributed by atoms with van der Waals surface area (Å²) in [6, 6.07) is 0.564. The molecule has 1 unspecified atom stereocenters. The van der Waals surface area contributed by atoms with Gasteiger partial charge in [0.25, 0.3) is 0 Å². The zero-order valence-corrected chi connectivity index (χ0v) is 13.8. The molecule has 21 heavy (non-hydrogen) atoms. The molecule has 1 aliphatic heterocycles. The van der Waals surface area contributed by atoms with Crippen molar-refractivity contribution in [2.45, 2.75) is 63.5 Å². The van der Waals surface area contributed by atoms with Gasteiger partial charge in [0.15, 0.2) is 0 Å². The minimum atomic E-state index is -0.259. The lowest BCUT2D eigenvalue weighted by molar-refractivity contribution is -0.134. The molecule has 3 rings (SSSR count). The van der Waals surface area contributed by atoms with Crippen molar-refractivity contribution in [3.05, 3.63) is 0 Å². The van der Waals surface area contributed by atoms with E-state index in [4.69, 9.17) is 5.73 Å². The predicted molar refractivity (Wildman–Crippen MR) is 87.6 cm³/mol. The van der Waals surface area contributed by atoms with Crippen LogP contribution in [-0.4, -0.2) is 54.0 Å². The zero-order valence-electron chi connectivity index (χ0n) is 13.0. The summed E-state index contributed by atoms with van der Waals surface area (Å²) in [7, 11) is 0. The molecule has 0 radical (unpaired) electrons. The van der Waals surface area contributed by atoms with Crippen LogP contribution in [0.5, 0.6) is 0 Å². The van der Waals surface area contributed by atoms with Crippen molar-refractivity contribution in [2.24, 2.45) is 11.7 Å². The number of halogens is 1. The normalized spacial score (nSPS) is 26.2. The number of nitrogens with two attached hydrogens (primary N) is 1. The molecule has 1 amide bonds. The lowest BCUT2D eigenvalue weighted by Crippen LogP contribution is -2.53. The number of hydrogen-bond acceptors (Lipinski definition) is 3. The fourth-order valence-corrected chi connectivity index (χ4v) is 3.86. The highest BCUT2D eigenvalue weighted by Crippen LogP contribution is 2.29. The Balaban J connectivity index is 0.00000161. The maximum absolute atomic E-state index is 12.4. The van der Waals surface area contributed by atoms with Crippen LogP contribution in [0, 0.1) is 5.92 Å². The Labute approximate surface area is 134 Å². The number of nitrogens with zero attached hydrogens (tertiary/aromatic N) is 2. The molecule has 0 aromatic rings. The van der Waals surface area contributed by atoms with Crippen LogP contribution >= 0.6 is 12.4 Å². The number of carbonyl (C=O) groups excluding carboxylic acids is 1. The van der Waals surface area contributed by atoms with Crippen LogP contribution in [0.25, 0.3) is 0 Å². The Morgan fingerprint density at radius 2 is 1.62 bits per heavy atom. The quantitative estimate of drug-likeness (QED) is 0.863. The molecule has 2 saturated carbocycles. The molecule has 2 N–H and O–H groups in total. The van der Waals surface area contributed by atoms with E-state index in [2.05, 4.69) is 4.90 Å². The van der Waals surface area contributed by atoms with Crippen LogP contribution in [0.2, 0.25) is 0 Å². The fourth-order valence-electron chi connectivity index (χ4n) is 3.86. The highest BCUT2D eigenvalue weighted by molar-refractivity contribution is 5.85. The molecule has 5 heteroatoms. The van der Waals surface area contributed by atoms with Crippen molar-refractivity contribution in [1.82, 2.24) is 9.80 Å². The zero-order chi connectivity index (χ0) is 13.9. The van der Waals surface area contributed by atoms with E-state index in [9.17, 15) is 4.79 Å². The van der Waals surface area contributed by atoms with E-state index in [1.807, 2.05) is 4.90 Å². The number of carbonyl (C=O) groups is 1. The molecule has 1 saturated heterocycles. The van der Waals surface area contributed by atoms with E-state index in [1.165, 1.54) is 44.9 Å². The molecule has 0 bridgehead atoms. The summed E-state index contributed by atoms with van der Waals surface area (Å²) in [5.41, 5.74) is 6.18. The van der Waals surface area contributed by atoms with Gasteiger partial charge in [-0.15, -0.1) is 12.4 Å². The van der Waals surface area contributed by atoms with Gasteiger partial charge in [-0.05, 0) is 25.2 Å². The van der Waals surface area contributed by atoms with Gasteiger partial charge in [-0.25, -0.2) is 0 Å². The average Bonchev–Trinajstić information content (AvgIpc) is 3.32. The average molecular weight is 316 g/mol. The summed E-state index contributed by atoms with van der Waals surface area (Å²) in [5, 5.41) is 0. The predicted octanol–water partition coefficient (Wildman–Crippen LogP) is 2.01. The standard InChI is InChI=1S/C16H29N3O.ClH/c17-15(12-13-4-2-1-3-5-13)16(20)19-10-8-18(9-11-19)14-6-7-14;/h13-15H,1-12,17H2;1H. The van der Waals surface area contributed by atoms with E-state index in [0.29, 0.717) is 5.92 Å². The Hall–Kier alpha value is -0.320. The van der Waals surface area contributed by atoms with Gasteiger partial charge in [0.05, 0.1) is 6.04 Å². The van der Waals surface area contributed by atoms with E-state index in [0.717, 1.165) is 38.6 Å². The highest BCUT2D eigenvalue weighted by Gasteiger charge is 2.33. The molecule has 0 spiro atoms. The van der Waals surface area contributed by atoms with Crippen molar-refractivity contribution in [2.75, 3.05) is 26.2 Å². The summed E-state index contributed by atoms with van der Waals surface area (Å²) >= 11 is 0. The van der Waals surface area contributed by atoms with Crippen LogP contribution in [0.4, 0.5) is 0 Å². The fraction of sp³-hybridized carbons (Fsp3) is 0.938. The molecule has 3 fully saturated rings. The Kier molecular flexibility index (Phi) is 6.33. The number of piperazine rings is 1. The van der Waals surface area contributed by atoms with E-state index in [1.54, 1.807) is 0 Å². The Morgan fingerprint density at radius 3 is 2.19 bits per heavy atom. The Bertz CT molecular complexity index is 334. The van der Waals surface area contributed by atoms with Crippen molar-refractivity contribution in [3.8, 4) is 0 Å². The first kappa shape index (κ1) is 17.0. The van der Waals surface area contributed by atoms with E-state index >= 15 is 0 Å². The third-order valence-corrected chi connectivity index (χ3v) is 5.32. The molecule has 0 aromatic heterocycles. The SMILES string of the molecule is Cl.NC(CC1CCCCC1)C(=O)N1CCN(C2CC2)CC1. The van der Waals surface area contributed by atoms with Gasteiger partial charge in [-0.1, -0.05) is 32.1 Å². The highest BCUT2D eigenvalue weighted by atomic mass is 35.5. The monoisotopic (exact) mass is 315 g/mol. The van der Waals surface area contributed by atoms with Gasteiger partial charge in [0.1, 0.15) is 0 Å². The minimum Gasteiger partial charge on any atom is -0.339 e. The van der Waals surface area contributed by atoms with E-state index < -0.39 is 0 Å². The molecular formula is C16H30ClN3O. The smallest absolute Gasteiger partial charge is 0.239 e. The summed E-state index contributed by atoms with van der Waals surface area (Å²) in [4.78, 5) is 17.0. The van der Waals surface area contributed by atoms with Crippen molar-refractivity contribution < 1.29 is 4.79 Å². The third kappa shape index (κ3) is 4.57. The van der Waals surface area contributed by atoms with Crippen molar-refractivity contribution in [1.29, 1.82) is 0 Å². The first-order chi connectivity index (χ1) is 9.74. The van der Waals surface area contributed by atoms with Crippen LogP contribution in [0.3, 0.4) is 0 Å². The maximum Gasteiger partial charge on any atom is 0.239 e. The first-order valence-corrected chi connectivity index (χ1v) is 8.52. The van der Waals surface area contributed by atoms with E-state index in [-0.39, 0.29) is 24.4 Å². The number of rotatable bonds is 4. The minimum absolute atomic E-state index is 0. The van der Waals surface area contributed by atoms with Crippen molar-refractivity contribution >= 4 is 18.3 Å². The first-order valence-electron chi connectivity index (χ1n) is 8.52. The third-order valence-electron chi connectivity index (χ3n) is 5.32. The molecule has 2 aliphatic carbocycles. The van der Waals surface area contributed by atoms with Gasteiger partial charge >= 0.3 is 0 Å². The number of amides is 1. The topological polar surface area (TPSA) is 49.6 Å². The molecule has 122 valence electrons. The summed E-state index contributed by atoms with van der Waals surface area (Å²) in [5.74, 6) is 0.890. The van der Waals surface area contributed by atoms with Crippen molar-refractivity contribution in [3.63, 3.8) is 0 Å². The second-order valence-electron chi connectivity index (χ2n) is 6.94. The molecule has 4 nitrogen and oxygen atoms in total.